The Bertz CT molecular complexity index is 991. The first-order valence-corrected chi connectivity index (χ1v) is 10.9. The zero-order chi connectivity index (χ0) is 21.6. The highest BCUT2D eigenvalue weighted by atomic mass is 32.2. The Kier molecular flexibility index (Phi) is 7.33. The van der Waals surface area contributed by atoms with Gasteiger partial charge < -0.3 is 10.2 Å². The molecule has 2 amide bonds. The smallest absolute Gasteiger partial charge is 0.255 e. The summed E-state index contributed by atoms with van der Waals surface area (Å²) in [6.45, 7) is 4.17. The summed E-state index contributed by atoms with van der Waals surface area (Å²) < 4.78 is 38.6. The number of carbonyl (C=O) groups is 2. The third-order valence-electron chi connectivity index (χ3n) is 4.27. The minimum atomic E-state index is -3.84. The Morgan fingerprint density at radius 2 is 1.69 bits per heavy atom. The Balaban J connectivity index is 2.27. The average molecular weight is 421 g/mol. The molecular weight excluding hydrogens is 397 g/mol. The molecule has 2 aromatic rings. The molecule has 0 bridgehead atoms. The fourth-order valence-electron chi connectivity index (χ4n) is 2.81. The first-order valence-electron chi connectivity index (χ1n) is 9.08. The maximum atomic E-state index is 13.5. The Morgan fingerprint density at radius 1 is 1.03 bits per heavy atom. The van der Waals surface area contributed by atoms with Crippen LogP contribution in [0.25, 0.3) is 0 Å². The molecule has 0 radical (unpaired) electrons. The summed E-state index contributed by atoms with van der Waals surface area (Å²) in [7, 11) is -3.84. The van der Waals surface area contributed by atoms with Crippen LogP contribution < -0.4 is 9.62 Å². The van der Waals surface area contributed by atoms with E-state index in [1.165, 1.54) is 18.2 Å². The lowest BCUT2D eigenvalue weighted by molar-refractivity contribution is -0.114. The molecule has 1 N–H and O–H groups in total. The Hall–Kier alpha value is -2.94. The molecule has 0 heterocycles. The molecule has 0 aliphatic heterocycles. The van der Waals surface area contributed by atoms with Gasteiger partial charge in [0.05, 0.1) is 23.2 Å². The highest BCUT2D eigenvalue weighted by Crippen LogP contribution is 2.20. The van der Waals surface area contributed by atoms with E-state index in [2.05, 4.69) is 5.32 Å². The molecular formula is C20H24FN3O4S. The summed E-state index contributed by atoms with van der Waals surface area (Å²) in [4.78, 5) is 26.9. The van der Waals surface area contributed by atoms with Crippen molar-refractivity contribution < 1.29 is 22.4 Å². The molecule has 2 aromatic carbocycles. The lowest BCUT2D eigenvalue weighted by Gasteiger charge is -2.23. The van der Waals surface area contributed by atoms with Gasteiger partial charge >= 0.3 is 0 Å². The van der Waals surface area contributed by atoms with E-state index in [0.717, 1.165) is 16.6 Å². The molecule has 156 valence electrons. The van der Waals surface area contributed by atoms with E-state index >= 15 is 0 Å². The van der Waals surface area contributed by atoms with Gasteiger partial charge in [-0.15, -0.1) is 0 Å². The molecule has 0 fully saturated rings. The maximum Gasteiger partial charge on any atom is 0.255 e. The summed E-state index contributed by atoms with van der Waals surface area (Å²) in [6, 6.07) is 11.5. The first kappa shape index (κ1) is 22.4. The molecule has 0 saturated heterocycles. The second kappa shape index (κ2) is 9.51. The standard InChI is InChI=1S/C20H24FN3O4S/c1-4-23(5-2)20(26)17-11-6-7-12-18(17)22-19(25)14-24(29(3,27)28)16-10-8-9-15(21)13-16/h6-13H,4-5,14H2,1-3H3,(H,22,25). The highest BCUT2D eigenvalue weighted by Gasteiger charge is 2.23. The third-order valence-corrected chi connectivity index (χ3v) is 5.41. The number of halogens is 1. The van der Waals surface area contributed by atoms with Crippen LogP contribution in [-0.4, -0.2) is 51.0 Å². The quantitative estimate of drug-likeness (QED) is 0.710. The van der Waals surface area contributed by atoms with Gasteiger partial charge in [-0.2, -0.15) is 0 Å². The molecule has 0 aromatic heterocycles. The Labute approximate surface area is 170 Å². The summed E-state index contributed by atoms with van der Waals surface area (Å²) in [5.41, 5.74) is 0.624. The monoisotopic (exact) mass is 421 g/mol. The van der Waals surface area contributed by atoms with Gasteiger partial charge in [-0.05, 0) is 44.2 Å². The number of benzene rings is 2. The topological polar surface area (TPSA) is 86.8 Å². The van der Waals surface area contributed by atoms with Gasteiger partial charge in [0.25, 0.3) is 5.91 Å². The number of hydrogen-bond acceptors (Lipinski definition) is 4. The van der Waals surface area contributed by atoms with Crippen molar-refractivity contribution in [2.75, 3.05) is 35.5 Å². The fourth-order valence-corrected chi connectivity index (χ4v) is 3.66. The summed E-state index contributed by atoms with van der Waals surface area (Å²) >= 11 is 0. The average Bonchev–Trinajstić information content (AvgIpc) is 2.66. The van der Waals surface area contributed by atoms with Gasteiger partial charge in [0, 0.05) is 13.1 Å². The van der Waals surface area contributed by atoms with Crippen molar-refractivity contribution >= 4 is 33.2 Å². The second-order valence-electron chi connectivity index (χ2n) is 6.32. The molecule has 9 heteroatoms. The largest absolute Gasteiger partial charge is 0.339 e. The summed E-state index contributed by atoms with van der Waals surface area (Å²) in [5, 5.41) is 2.60. The lowest BCUT2D eigenvalue weighted by Crippen LogP contribution is -2.38. The van der Waals surface area contributed by atoms with Crippen LogP contribution in [0.5, 0.6) is 0 Å². The van der Waals surface area contributed by atoms with Crippen molar-refractivity contribution in [1.29, 1.82) is 0 Å². The number of amides is 2. The highest BCUT2D eigenvalue weighted by molar-refractivity contribution is 7.92. The van der Waals surface area contributed by atoms with E-state index in [-0.39, 0.29) is 17.3 Å². The number of carbonyl (C=O) groups excluding carboxylic acids is 2. The van der Waals surface area contributed by atoms with Crippen molar-refractivity contribution in [3.8, 4) is 0 Å². The van der Waals surface area contributed by atoms with Crippen molar-refractivity contribution in [2.24, 2.45) is 0 Å². The van der Waals surface area contributed by atoms with Gasteiger partial charge in [0.15, 0.2) is 0 Å². The van der Waals surface area contributed by atoms with Gasteiger partial charge in [0.1, 0.15) is 12.4 Å². The number of nitrogens with one attached hydrogen (secondary N) is 1. The molecule has 0 unspecified atom stereocenters. The molecule has 0 saturated carbocycles. The molecule has 7 nitrogen and oxygen atoms in total. The molecule has 2 rings (SSSR count). The summed E-state index contributed by atoms with van der Waals surface area (Å²) in [5.74, 6) is -1.51. The second-order valence-corrected chi connectivity index (χ2v) is 8.23. The summed E-state index contributed by atoms with van der Waals surface area (Å²) in [6.07, 6.45) is 0.934. The van der Waals surface area contributed by atoms with E-state index in [0.29, 0.717) is 18.7 Å². The van der Waals surface area contributed by atoms with Gasteiger partial charge in [0.2, 0.25) is 15.9 Å². The van der Waals surface area contributed by atoms with Crippen molar-refractivity contribution in [3.05, 3.63) is 59.9 Å². The molecule has 0 atom stereocenters. The van der Waals surface area contributed by atoms with E-state index in [4.69, 9.17) is 0 Å². The van der Waals surface area contributed by atoms with Crippen LogP contribution in [0.4, 0.5) is 15.8 Å². The molecule has 0 aliphatic carbocycles. The normalized spacial score (nSPS) is 11.0. The zero-order valence-electron chi connectivity index (χ0n) is 16.6. The first-order chi connectivity index (χ1) is 13.7. The van der Waals surface area contributed by atoms with Crippen molar-refractivity contribution in [3.63, 3.8) is 0 Å². The zero-order valence-corrected chi connectivity index (χ0v) is 17.4. The number of nitrogens with zero attached hydrogens (tertiary/aromatic N) is 2. The maximum absolute atomic E-state index is 13.5. The predicted octanol–water partition coefficient (Wildman–Crippen LogP) is 2.71. The van der Waals surface area contributed by atoms with Crippen molar-refractivity contribution in [1.82, 2.24) is 4.90 Å². The van der Waals surface area contributed by atoms with Crippen LogP contribution in [0, 0.1) is 5.82 Å². The van der Waals surface area contributed by atoms with Crippen molar-refractivity contribution in [2.45, 2.75) is 13.8 Å². The van der Waals surface area contributed by atoms with Crippen LogP contribution in [-0.2, 0) is 14.8 Å². The minimum absolute atomic E-state index is 0.0372. The number of rotatable bonds is 8. The van der Waals surface area contributed by atoms with E-state index < -0.39 is 28.3 Å². The van der Waals surface area contributed by atoms with Crippen LogP contribution >= 0.6 is 0 Å². The SMILES string of the molecule is CCN(CC)C(=O)c1ccccc1NC(=O)CN(c1cccc(F)c1)S(C)(=O)=O. The number of hydrogen-bond donors (Lipinski definition) is 1. The fraction of sp³-hybridized carbons (Fsp3) is 0.300. The number of para-hydroxylation sites is 1. The van der Waals surface area contributed by atoms with Gasteiger partial charge in [-0.1, -0.05) is 18.2 Å². The Morgan fingerprint density at radius 3 is 2.28 bits per heavy atom. The third kappa shape index (κ3) is 5.77. The van der Waals surface area contributed by atoms with Crippen LogP contribution in [0.3, 0.4) is 0 Å². The lowest BCUT2D eigenvalue weighted by atomic mass is 10.1. The van der Waals surface area contributed by atoms with Gasteiger partial charge in [-0.25, -0.2) is 12.8 Å². The van der Waals surface area contributed by atoms with E-state index in [1.54, 1.807) is 29.2 Å². The van der Waals surface area contributed by atoms with Gasteiger partial charge in [-0.3, -0.25) is 13.9 Å². The van der Waals surface area contributed by atoms with Crippen LogP contribution in [0.15, 0.2) is 48.5 Å². The predicted molar refractivity (Wildman–Crippen MR) is 111 cm³/mol. The van der Waals surface area contributed by atoms with E-state index in [1.807, 2.05) is 13.8 Å². The minimum Gasteiger partial charge on any atom is -0.339 e. The number of sulfonamides is 1. The molecule has 0 aliphatic rings. The van der Waals surface area contributed by atoms with Crippen LogP contribution in [0.1, 0.15) is 24.2 Å². The van der Waals surface area contributed by atoms with Crippen LogP contribution in [0.2, 0.25) is 0 Å². The molecule has 0 spiro atoms. The molecule has 29 heavy (non-hydrogen) atoms. The number of anilines is 2. The van der Waals surface area contributed by atoms with E-state index in [9.17, 15) is 22.4 Å².